The Hall–Kier alpha value is -2.90. The van der Waals surface area contributed by atoms with Gasteiger partial charge < -0.3 is 5.11 Å². The fraction of sp³-hybridized carbons (Fsp3) is 0.450. The van der Waals surface area contributed by atoms with Gasteiger partial charge in [-0.1, -0.05) is 146 Å². The molecule has 0 fully saturated rings. The standard InChI is InChI=1S/C40H56O/c1-30(18-13-20-32(3)23-26-36-34(5)22-15-29-39(36,7)8)16-11-12-17-31(2)19-14-21-33(4)24-27-37-35(6)25-28-38(41)40(37,9)10/h11-14,16-21,23-24,26-27,38,41H,15,22,25,28-29H2,1-10H3/b12-11+,18-13+,19-14+,26-23+,27-24+,30-16+,31-17+,32-20+,33-21+. The predicted octanol–water partition coefficient (Wildman–Crippen LogP) is 11.6. The molecule has 0 radical (unpaired) electrons. The van der Waals surface area contributed by atoms with Gasteiger partial charge in [0.1, 0.15) is 0 Å². The molecule has 41 heavy (non-hydrogen) atoms. The minimum Gasteiger partial charge on any atom is -0.392 e. The van der Waals surface area contributed by atoms with E-state index in [0.29, 0.717) is 0 Å². The molecule has 1 unspecified atom stereocenters. The van der Waals surface area contributed by atoms with Crippen LogP contribution >= 0.6 is 0 Å². The molecule has 0 amide bonds. The fourth-order valence-electron chi connectivity index (χ4n) is 5.72. The smallest absolute Gasteiger partial charge is 0.0634 e. The van der Waals surface area contributed by atoms with Gasteiger partial charge in [0.05, 0.1) is 6.10 Å². The Kier molecular flexibility index (Phi) is 13.3. The summed E-state index contributed by atoms with van der Waals surface area (Å²) in [5, 5.41) is 10.4. The molecule has 2 rings (SSSR count). The van der Waals surface area contributed by atoms with E-state index in [1.807, 2.05) is 0 Å². The molecule has 0 saturated heterocycles. The second kappa shape index (κ2) is 15.9. The molecule has 1 heteroatoms. The molecule has 0 aliphatic heterocycles. The van der Waals surface area contributed by atoms with Gasteiger partial charge in [-0.05, 0) is 90.2 Å². The third kappa shape index (κ3) is 11.1. The van der Waals surface area contributed by atoms with Gasteiger partial charge in [-0.25, -0.2) is 0 Å². The first-order chi connectivity index (χ1) is 19.2. The van der Waals surface area contributed by atoms with E-state index in [4.69, 9.17) is 0 Å². The molecule has 1 atom stereocenters. The zero-order chi connectivity index (χ0) is 30.6. The maximum Gasteiger partial charge on any atom is 0.0634 e. The van der Waals surface area contributed by atoms with Gasteiger partial charge >= 0.3 is 0 Å². The molecule has 1 N–H and O–H groups in total. The van der Waals surface area contributed by atoms with Crippen molar-refractivity contribution in [3.05, 3.63) is 130 Å². The summed E-state index contributed by atoms with van der Waals surface area (Å²) >= 11 is 0. The Morgan fingerprint density at radius 1 is 0.634 bits per heavy atom. The Balaban J connectivity index is 1.90. The molecule has 222 valence electrons. The van der Waals surface area contributed by atoms with Gasteiger partial charge in [-0.15, -0.1) is 0 Å². The summed E-state index contributed by atoms with van der Waals surface area (Å²) < 4.78 is 0. The largest absolute Gasteiger partial charge is 0.392 e. The Morgan fingerprint density at radius 2 is 1.07 bits per heavy atom. The fourth-order valence-corrected chi connectivity index (χ4v) is 5.72. The number of allylic oxidation sites excluding steroid dienone is 21. The third-order valence-corrected chi connectivity index (χ3v) is 8.61. The number of aliphatic hydroxyl groups excluding tert-OH is 1. The first-order valence-electron chi connectivity index (χ1n) is 15.4. The molecule has 0 bridgehead atoms. The molecule has 1 nitrogen and oxygen atoms in total. The van der Waals surface area contributed by atoms with E-state index in [1.54, 1.807) is 5.57 Å². The topological polar surface area (TPSA) is 20.2 Å². The summed E-state index contributed by atoms with van der Waals surface area (Å²) in [7, 11) is 0. The van der Waals surface area contributed by atoms with E-state index >= 15 is 0 Å². The number of aliphatic hydroxyl groups is 1. The molecule has 2 aliphatic carbocycles. The molecule has 0 aromatic carbocycles. The lowest BCUT2D eigenvalue weighted by Crippen LogP contribution is -2.34. The highest BCUT2D eigenvalue weighted by Crippen LogP contribution is 2.42. The molecular weight excluding hydrogens is 496 g/mol. The van der Waals surface area contributed by atoms with Crippen molar-refractivity contribution in [2.24, 2.45) is 10.8 Å². The quantitative estimate of drug-likeness (QED) is 0.267. The van der Waals surface area contributed by atoms with Crippen LogP contribution in [0.15, 0.2) is 130 Å². The van der Waals surface area contributed by atoms with Gasteiger partial charge in [-0.2, -0.15) is 0 Å². The van der Waals surface area contributed by atoms with Gasteiger partial charge in [0, 0.05) is 5.41 Å². The van der Waals surface area contributed by atoms with Crippen molar-refractivity contribution >= 4 is 0 Å². The molecule has 0 spiro atoms. The van der Waals surface area contributed by atoms with Crippen molar-refractivity contribution in [3.8, 4) is 0 Å². The SMILES string of the molecule is CC1=C(/C=C/C(C)=C/C=C/C(C)=C/C=C/C=C(C)/C=C/C=C(C)/C=C/C2=C(C)CCC(O)C2(C)C)C(C)(C)CCC1. The first-order valence-corrected chi connectivity index (χ1v) is 15.4. The van der Waals surface area contributed by atoms with Crippen LogP contribution in [0.25, 0.3) is 0 Å². The Morgan fingerprint density at radius 3 is 1.59 bits per heavy atom. The van der Waals surface area contributed by atoms with E-state index in [2.05, 4.69) is 154 Å². The third-order valence-electron chi connectivity index (χ3n) is 8.61. The maximum atomic E-state index is 10.4. The minimum atomic E-state index is -0.277. The van der Waals surface area contributed by atoms with Crippen LogP contribution in [0.3, 0.4) is 0 Å². The highest BCUT2D eigenvalue weighted by atomic mass is 16.3. The van der Waals surface area contributed by atoms with E-state index in [1.165, 1.54) is 58.3 Å². The maximum absolute atomic E-state index is 10.4. The van der Waals surface area contributed by atoms with Crippen molar-refractivity contribution in [2.45, 2.75) is 107 Å². The highest BCUT2D eigenvalue weighted by Gasteiger charge is 2.34. The van der Waals surface area contributed by atoms with Crippen LogP contribution in [0.4, 0.5) is 0 Å². The van der Waals surface area contributed by atoms with Crippen LogP contribution < -0.4 is 0 Å². The van der Waals surface area contributed by atoms with Crippen LogP contribution in [0.5, 0.6) is 0 Å². The van der Waals surface area contributed by atoms with Gasteiger partial charge in [0.2, 0.25) is 0 Å². The summed E-state index contributed by atoms with van der Waals surface area (Å²) in [6.07, 6.45) is 35.6. The Bertz CT molecular complexity index is 1250. The lowest BCUT2D eigenvalue weighted by atomic mass is 9.70. The summed E-state index contributed by atoms with van der Waals surface area (Å²) in [6.45, 7) is 22.0. The van der Waals surface area contributed by atoms with Crippen LogP contribution in [0, 0.1) is 10.8 Å². The summed E-state index contributed by atoms with van der Waals surface area (Å²) in [4.78, 5) is 0. The molecule has 0 saturated carbocycles. The van der Waals surface area contributed by atoms with Crippen LogP contribution in [0.1, 0.15) is 101 Å². The monoisotopic (exact) mass is 552 g/mol. The predicted molar refractivity (Wildman–Crippen MR) is 183 cm³/mol. The molecule has 0 aromatic heterocycles. The lowest BCUT2D eigenvalue weighted by molar-refractivity contribution is 0.0607. The minimum absolute atomic E-state index is 0.195. The second-order valence-corrected chi connectivity index (χ2v) is 13.3. The zero-order valence-electron chi connectivity index (χ0n) is 27.6. The van der Waals surface area contributed by atoms with Crippen molar-refractivity contribution < 1.29 is 5.11 Å². The van der Waals surface area contributed by atoms with Gasteiger partial charge in [0.25, 0.3) is 0 Å². The van der Waals surface area contributed by atoms with E-state index < -0.39 is 0 Å². The van der Waals surface area contributed by atoms with Crippen molar-refractivity contribution in [1.29, 1.82) is 0 Å². The van der Waals surface area contributed by atoms with Crippen LogP contribution in [-0.2, 0) is 0 Å². The molecule has 0 heterocycles. The summed E-state index contributed by atoms with van der Waals surface area (Å²) in [6, 6.07) is 0. The summed E-state index contributed by atoms with van der Waals surface area (Å²) in [5.41, 5.74) is 10.7. The van der Waals surface area contributed by atoms with E-state index in [0.717, 1.165) is 12.8 Å². The zero-order valence-corrected chi connectivity index (χ0v) is 27.6. The van der Waals surface area contributed by atoms with E-state index in [-0.39, 0.29) is 16.9 Å². The Labute approximate surface area is 252 Å². The molecular formula is C40H56O. The number of hydrogen-bond donors (Lipinski definition) is 1. The lowest BCUT2D eigenvalue weighted by Gasteiger charge is -2.37. The molecule has 2 aliphatic rings. The van der Waals surface area contributed by atoms with Crippen molar-refractivity contribution in [1.82, 2.24) is 0 Å². The van der Waals surface area contributed by atoms with E-state index in [9.17, 15) is 5.11 Å². The average molecular weight is 553 g/mol. The number of rotatable bonds is 10. The first kappa shape index (κ1) is 34.3. The molecule has 0 aromatic rings. The van der Waals surface area contributed by atoms with Crippen molar-refractivity contribution in [3.63, 3.8) is 0 Å². The van der Waals surface area contributed by atoms with Crippen molar-refractivity contribution in [2.75, 3.05) is 0 Å². The van der Waals surface area contributed by atoms with Gasteiger partial charge in [-0.3, -0.25) is 0 Å². The van der Waals surface area contributed by atoms with Gasteiger partial charge in [0.15, 0.2) is 0 Å². The van der Waals surface area contributed by atoms with Crippen LogP contribution in [0.2, 0.25) is 0 Å². The van der Waals surface area contributed by atoms with Crippen LogP contribution in [-0.4, -0.2) is 11.2 Å². The number of hydrogen-bond acceptors (Lipinski definition) is 1. The second-order valence-electron chi connectivity index (χ2n) is 13.3. The average Bonchev–Trinajstić information content (AvgIpc) is 2.88. The normalized spacial score (nSPS) is 23.5. The summed E-state index contributed by atoms with van der Waals surface area (Å²) in [5.74, 6) is 0. The highest BCUT2D eigenvalue weighted by molar-refractivity contribution is 5.39.